The number of fused-ring (bicyclic) bond motifs is 1. The molecule has 0 aliphatic carbocycles. The van der Waals surface area contributed by atoms with Crippen LogP contribution in [0.15, 0.2) is 23.9 Å². The third kappa shape index (κ3) is 2.38. The predicted octanol–water partition coefficient (Wildman–Crippen LogP) is 2.35. The van der Waals surface area contributed by atoms with Crippen molar-refractivity contribution in [3.63, 3.8) is 0 Å². The summed E-state index contributed by atoms with van der Waals surface area (Å²) in [4.78, 5) is 10.2. The van der Waals surface area contributed by atoms with Crippen LogP contribution in [-0.4, -0.2) is 22.2 Å². The number of nitro groups is 1. The summed E-state index contributed by atoms with van der Waals surface area (Å²) in [5, 5.41) is 18.4. The molecule has 0 aliphatic rings. The van der Waals surface area contributed by atoms with E-state index in [4.69, 9.17) is 4.74 Å². The van der Waals surface area contributed by atoms with E-state index in [2.05, 4.69) is 10.2 Å². The van der Waals surface area contributed by atoms with Gasteiger partial charge in [-0.1, -0.05) is 6.07 Å². The molecule has 0 spiro atoms. The Hall–Kier alpha value is -2.21. The fourth-order valence-corrected chi connectivity index (χ4v) is 1.71. The highest BCUT2D eigenvalue weighted by Gasteiger charge is 2.08. The number of aromatic nitrogens is 2. The lowest BCUT2D eigenvalue weighted by Gasteiger charge is -1.99. The highest BCUT2D eigenvalue weighted by atomic mass is 16.6. The molecule has 0 aliphatic heterocycles. The molecule has 94 valence electrons. The van der Waals surface area contributed by atoms with Crippen molar-refractivity contribution in [2.24, 2.45) is 0 Å². The molecular formula is C12H13N3O3. The molecule has 1 heterocycles. The molecule has 6 heteroatoms. The van der Waals surface area contributed by atoms with Crippen molar-refractivity contribution < 1.29 is 9.66 Å². The monoisotopic (exact) mass is 247 g/mol. The molecular weight excluding hydrogens is 234 g/mol. The van der Waals surface area contributed by atoms with Crippen LogP contribution in [0.1, 0.15) is 18.2 Å². The molecule has 0 radical (unpaired) electrons. The first-order valence-corrected chi connectivity index (χ1v) is 5.40. The number of hydrogen-bond acceptors (Lipinski definition) is 4. The highest BCUT2D eigenvalue weighted by Crippen LogP contribution is 2.20. The minimum absolute atomic E-state index is 0.0673. The van der Waals surface area contributed by atoms with Gasteiger partial charge in [-0.3, -0.25) is 15.2 Å². The molecule has 2 rings (SSSR count). The maximum Gasteiger partial charge on any atom is 0.245 e. The summed E-state index contributed by atoms with van der Waals surface area (Å²) in [7, 11) is 1.62. The molecule has 0 saturated carbocycles. The number of nitrogens with one attached hydrogen (secondary N) is 1. The Morgan fingerprint density at radius 1 is 1.61 bits per heavy atom. The van der Waals surface area contributed by atoms with E-state index in [0.29, 0.717) is 12.3 Å². The molecule has 0 bridgehead atoms. The summed E-state index contributed by atoms with van der Waals surface area (Å²) in [6.45, 7) is 1.95. The van der Waals surface area contributed by atoms with Crippen LogP contribution in [0.2, 0.25) is 0 Å². The normalized spacial score (nSPS) is 12.0. The highest BCUT2D eigenvalue weighted by molar-refractivity contribution is 5.87. The van der Waals surface area contributed by atoms with E-state index in [1.54, 1.807) is 7.11 Å². The largest absolute Gasteiger partial charge is 0.380 e. The predicted molar refractivity (Wildman–Crippen MR) is 67.5 cm³/mol. The second-order valence-corrected chi connectivity index (χ2v) is 3.96. The van der Waals surface area contributed by atoms with Crippen LogP contribution in [0.5, 0.6) is 0 Å². The van der Waals surface area contributed by atoms with Crippen molar-refractivity contribution in [2.75, 3.05) is 7.11 Å². The van der Waals surface area contributed by atoms with Crippen molar-refractivity contribution in [1.82, 2.24) is 10.2 Å². The van der Waals surface area contributed by atoms with E-state index in [1.807, 2.05) is 18.2 Å². The van der Waals surface area contributed by atoms with Crippen LogP contribution in [0, 0.1) is 10.1 Å². The molecule has 1 aromatic carbocycles. The van der Waals surface area contributed by atoms with Gasteiger partial charge in [0.2, 0.25) is 5.70 Å². The molecule has 6 nitrogen and oxygen atoms in total. The van der Waals surface area contributed by atoms with Gasteiger partial charge in [0.05, 0.1) is 22.7 Å². The molecule has 18 heavy (non-hydrogen) atoms. The van der Waals surface area contributed by atoms with Gasteiger partial charge in [-0.25, -0.2) is 0 Å². The van der Waals surface area contributed by atoms with Crippen LogP contribution in [0.25, 0.3) is 17.0 Å². The molecule has 0 amide bonds. The lowest BCUT2D eigenvalue weighted by atomic mass is 10.1. The Morgan fingerprint density at radius 3 is 3.06 bits per heavy atom. The number of ether oxygens (including phenoxy) is 1. The second kappa shape index (κ2) is 4.97. The summed E-state index contributed by atoms with van der Waals surface area (Å²) < 4.78 is 5.06. The number of methoxy groups -OCH3 is 1. The van der Waals surface area contributed by atoms with Gasteiger partial charge in [-0.15, -0.1) is 0 Å². The van der Waals surface area contributed by atoms with E-state index in [9.17, 15) is 10.1 Å². The van der Waals surface area contributed by atoms with Gasteiger partial charge in [0.1, 0.15) is 0 Å². The number of allylic oxidation sites excluding steroid dienone is 1. The zero-order chi connectivity index (χ0) is 13.1. The SMILES string of the molecule is COCc1ccc2n[nH]c(C=C(C)[N+](=O)[O-])c2c1. The number of H-pyrrole nitrogens is 1. The topological polar surface area (TPSA) is 81.0 Å². The van der Waals surface area contributed by atoms with Gasteiger partial charge in [0.15, 0.2) is 0 Å². The van der Waals surface area contributed by atoms with Gasteiger partial charge in [0.25, 0.3) is 0 Å². The van der Waals surface area contributed by atoms with Gasteiger partial charge >= 0.3 is 0 Å². The lowest BCUT2D eigenvalue weighted by molar-refractivity contribution is -0.422. The number of aromatic amines is 1. The Balaban J connectivity index is 2.48. The van der Waals surface area contributed by atoms with Crippen molar-refractivity contribution in [2.45, 2.75) is 13.5 Å². The van der Waals surface area contributed by atoms with Crippen LogP contribution < -0.4 is 0 Å². The fraction of sp³-hybridized carbons (Fsp3) is 0.250. The van der Waals surface area contributed by atoms with E-state index >= 15 is 0 Å². The summed E-state index contributed by atoms with van der Waals surface area (Å²) >= 11 is 0. The average molecular weight is 247 g/mol. The maximum atomic E-state index is 10.6. The van der Waals surface area contributed by atoms with Gasteiger partial charge in [0, 0.05) is 25.5 Å². The van der Waals surface area contributed by atoms with E-state index < -0.39 is 4.92 Å². The quantitative estimate of drug-likeness (QED) is 0.664. The zero-order valence-electron chi connectivity index (χ0n) is 10.1. The van der Waals surface area contributed by atoms with Crippen molar-refractivity contribution >= 4 is 17.0 Å². The Labute approximate surface area is 103 Å². The minimum atomic E-state index is -0.425. The first-order valence-electron chi connectivity index (χ1n) is 5.40. The number of hydrogen-bond donors (Lipinski definition) is 1. The average Bonchev–Trinajstić information content (AvgIpc) is 2.72. The Kier molecular flexibility index (Phi) is 3.38. The first-order chi connectivity index (χ1) is 8.61. The minimum Gasteiger partial charge on any atom is -0.380 e. The van der Waals surface area contributed by atoms with Gasteiger partial charge in [-0.2, -0.15) is 5.10 Å². The number of benzene rings is 1. The summed E-state index contributed by atoms with van der Waals surface area (Å²) in [5.41, 5.74) is 2.48. The third-order valence-corrected chi connectivity index (χ3v) is 2.60. The molecule has 1 aromatic heterocycles. The van der Waals surface area contributed by atoms with E-state index in [-0.39, 0.29) is 5.70 Å². The Morgan fingerprint density at radius 2 is 2.39 bits per heavy atom. The molecule has 2 aromatic rings. The third-order valence-electron chi connectivity index (χ3n) is 2.60. The number of rotatable bonds is 4. The summed E-state index contributed by atoms with van der Waals surface area (Å²) in [6.07, 6.45) is 1.48. The van der Waals surface area contributed by atoms with E-state index in [1.165, 1.54) is 13.0 Å². The fourth-order valence-electron chi connectivity index (χ4n) is 1.71. The van der Waals surface area contributed by atoms with Crippen molar-refractivity contribution in [3.8, 4) is 0 Å². The van der Waals surface area contributed by atoms with E-state index in [0.717, 1.165) is 16.5 Å². The summed E-state index contributed by atoms with van der Waals surface area (Å²) in [6, 6.07) is 5.70. The van der Waals surface area contributed by atoms with Crippen molar-refractivity contribution in [1.29, 1.82) is 0 Å². The first kappa shape index (κ1) is 12.3. The molecule has 1 N–H and O–H groups in total. The molecule has 0 saturated heterocycles. The molecule has 0 fully saturated rings. The van der Waals surface area contributed by atoms with Gasteiger partial charge < -0.3 is 4.74 Å². The Bertz CT molecular complexity index is 616. The molecule has 0 unspecified atom stereocenters. The number of nitrogens with zero attached hydrogens (tertiary/aromatic N) is 2. The summed E-state index contributed by atoms with van der Waals surface area (Å²) in [5.74, 6) is 0. The maximum absolute atomic E-state index is 10.6. The second-order valence-electron chi connectivity index (χ2n) is 3.96. The zero-order valence-corrected chi connectivity index (χ0v) is 10.1. The lowest BCUT2D eigenvalue weighted by Crippen LogP contribution is -1.93. The smallest absolute Gasteiger partial charge is 0.245 e. The molecule has 0 atom stereocenters. The van der Waals surface area contributed by atoms with Crippen LogP contribution >= 0.6 is 0 Å². The van der Waals surface area contributed by atoms with Crippen LogP contribution in [0.3, 0.4) is 0 Å². The van der Waals surface area contributed by atoms with Crippen molar-refractivity contribution in [3.05, 3.63) is 45.3 Å². The van der Waals surface area contributed by atoms with Crippen LogP contribution in [-0.2, 0) is 11.3 Å². The van der Waals surface area contributed by atoms with Gasteiger partial charge in [-0.05, 0) is 17.7 Å². The standard InChI is InChI=1S/C12H13N3O3/c1-8(15(16)17)5-12-10-6-9(7-18-2)3-4-11(10)13-14-12/h3-6H,7H2,1-2H3,(H,13,14). The van der Waals surface area contributed by atoms with Crippen LogP contribution in [0.4, 0.5) is 0 Å².